The van der Waals surface area contributed by atoms with Crippen LogP contribution in [0, 0.1) is 0 Å². The molecule has 0 aromatic carbocycles. The van der Waals surface area contributed by atoms with Gasteiger partial charge in [-0.15, -0.1) is 11.3 Å². The van der Waals surface area contributed by atoms with E-state index < -0.39 is 77.6 Å². The molecule has 2 aromatic rings. The normalized spacial score (nSPS) is 20.2. The number of hydrogen-bond donors (Lipinski definition) is 3. The molecule has 1 aliphatic heterocycles. The van der Waals surface area contributed by atoms with Crippen molar-refractivity contribution in [2.75, 3.05) is 18.4 Å². The lowest BCUT2D eigenvalue weighted by Gasteiger charge is -2.44. The van der Waals surface area contributed by atoms with Gasteiger partial charge in [-0.1, -0.05) is 0 Å². The van der Waals surface area contributed by atoms with E-state index >= 15 is 0 Å². The Kier molecular flexibility index (Phi) is 8.06. The van der Waals surface area contributed by atoms with Crippen LogP contribution in [-0.2, 0) is 0 Å². The van der Waals surface area contributed by atoms with Crippen molar-refractivity contribution in [1.29, 1.82) is 0 Å². The molecule has 1 atom stereocenters. The Bertz CT molecular complexity index is 1320. The smallest absolute Gasteiger partial charge is 0.389 e. The molecule has 16 heteroatoms. The zero-order valence-corrected chi connectivity index (χ0v) is 23.0. The van der Waals surface area contributed by atoms with Crippen LogP contribution < -0.4 is 10.6 Å². The number of aliphatic hydroxyl groups is 1. The van der Waals surface area contributed by atoms with Crippen LogP contribution in [0.15, 0.2) is 12.3 Å². The number of anilines is 1. The fraction of sp³-hybridized carbons (Fsp3) is 0.600. The molecule has 3 heterocycles. The van der Waals surface area contributed by atoms with Gasteiger partial charge in [0.2, 0.25) is 0 Å². The molecule has 0 radical (unpaired) electrons. The molecule has 1 saturated heterocycles. The number of carbonyl (C=O) groups excluding carboxylic acids is 2. The predicted molar refractivity (Wildman–Crippen MR) is 135 cm³/mol. The van der Waals surface area contributed by atoms with E-state index in [9.17, 15) is 45.4 Å². The first-order valence-corrected chi connectivity index (χ1v) is 13.5. The van der Waals surface area contributed by atoms with E-state index in [0.717, 1.165) is 17.2 Å². The lowest BCUT2D eigenvalue weighted by atomic mass is 9.76. The third-order valence-corrected chi connectivity index (χ3v) is 8.11. The molecule has 8 nitrogen and oxygen atoms in total. The minimum Gasteiger partial charge on any atom is -0.389 e. The van der Waals surface area contributed by atoms with Crippen molar-refractivity contribution < 1.29 is 45.4 Å². The van der Waals surface area contributed by atoms with Gasteiger partial charge in [-0.05, 0) is 46.1 Å². The van der Waals surface area contributed by atoms with Gasteiger partial charge in [-0.2, -0.15) is 13.2 Å². The van der Waals surface area contributed by atoms with Crippen molar-refractivity contribution in [3.8, 4) is 10.4 Å². The average Bonchev–Trinajstić information content (AvgIpc) is 3.38. The van der Waals surface area contributed by atoms with Crippen LogP contribution in [0.2, 0.25) is 0 Å². The van der Waals surface area contributed by atoms with Gasteiger partial charge in [0.05, 0.1) is 17.0 Å². The quantitative estimate of drug-likeness (QED) is 0.345. The molecule has 1 saturated carbocycles. The van der Waals surface area contributed by atoms with Gasteiger partial charge in [0.15, 0.2) is 5.01 Å². The van der Waals surface area contributed by atoms with Crippen molar-refractivity contribution in [3.05, 3.63) is 28.5 Å². The van der Waals surface area contributed by atoms with Crippen molar-refractivity contribution in [2.45, 2.75) is 82.2 Å². The van der Waals surface area contributed by atoms with Gasteiger partial charge in [0.25, 0.3) is 24.2 Å². The second kappa shape index (κ2) is 10.7. The zero-order chi connectivity index (χ0) is 30.5. The Hall–Kier alpha value is -3.01. The first-order valence-electron chi connectivity index (χ1n) is 12.7. The molecule has 0 bridgehead atoms. The Morgan fingerprint density at radius 2 is 1.90 bits per heavy atom. The number of amides is 2. The van der Waals surface area contributed by atoms with E-state index in [1.54, 1.807) is 0 Å². The maximum atomic E-state index is 14.3. The molecule has 226 valence electrons. The summed E-state index contributed by atoms with van der Waals surface area (Å²) in [5, 5.41) is 14.2. The van der Waals surface area contributed by atoms with E-state index in [4.69, 9.17) is 0 Å². The summed E-state index contributed by atoms with van der Waals surface area (Å²) in [5.41, 5.74) is -5.37. The summed E-state index contributed by atoms with van der Waals surface area (Å²) in [6.45, 7) is 3.02. The first kappa shape index (κ1) is 30.9. The number of halogens is 7. The molecule has 2 amide bonds. The third-order valence-electron chi connectivity index (χ3n) is 7.03. The summed E-state index contributed by atoms with van der Waals surface area (Å²) in [5.74, 6) is -5.55. The molecule has 4 rings (SSSR count). The minimum absolute atomic E-state index is 0.232. The SMILES string of the molecule is CC1CC(F)(F)CN1C(=O)c1nc(C(=O)NCC(C)(C)O)sc1-c1cnc(NC2(C(F)(F)F)CCC2)cc1C(F)F. The summed E-state index contributed by atoms with van der Waals surface area (Å²) < 4.78 is 97.6. The fourth-order valence-corrected chi connectivity index (χ4v) is 5.71. The van der Waals surface area contributed by atoms with Gasteiger partial charge < -0.3 is 20.6 Å². The maximum Gasteiger partial charge on any atom is 0.411 e. The van der Waals surface area contributed by atoms with Gasteiger partial charge in [0, 0.05) is 36.3 Å². The Morgan fingerprint density at radius 3 is 2.39 bits per heavy atom. The highest BCUT2D eigenvalue weighted by molar-refractivity contribution is 7.17. The lowest BCUT2D eigenvalue weighted by molar-refractivity contribution is -0.198. The van der Waals surface area contributed by atoms with E-state index in [-0.39, 0.29) is 41.3 Å². The number of carbonyl (C=O) groups is 2. The van der Waals surface area contributed by atoms with E-state index in [1.165, 1.54) is 20.8 Å². The molecule has 2 aliphatic rings. The van der Waals surface area contributed by atoms with Crippen molar-refractivity contribution in [1.82, 2.24) is 20.2 Å². The molecule has 3 N–H and O–H groups in total. The molecule has 41 heavy (non-hydrogen) atoms. The standard InChI is InChI=1S/C25H28F7N5O3S/c1-12-8-24(28,29)11-37(12)21(39)16-17(41-20(35-16)19(38)34-10-22(2,3)40)14-9-33-15(7-13(14)18(26)27)36-23(5-4-6-23)25(30,31)32/h7,9,12,18,40H,4-6,8,10-11H2,1-3H3,(H,33,36)(H,34,38). The van der Waals surface area contributed by atoms with E-state index in [1.807, 2.05) is 0 Å². The van der Waals surface area contributed by atoms with E-state index in [0.29, 0.717) is 11.3 Å². The number of hydrogen-bond acceptors (Lipinski definition) is 7. The minimum atomic E-state index is -4.66. The van der Waals surface area contributed by atoms with Crippen LogP contribution in [-0.4, -0.2) is 74.2 Å². The van der Waals surface area contributed by atoms with Crippen LogP contribution in [0.25, 0.3) is 10.4 Å². The monoisotopic (exact) mass is 611 g/mol. The number of aromatic nitrogens is 2. The highest BCUT2D eigenvalue weighted by Crippen LogP contribution is 2.48. The second-order valence-corrected chi connectivity index (χ2v) is 12.0. The van der Waals surface area contributed by atoms with Gasteiger partial charge in [0.1, 0.15) is 17.1 Å². The maximum absolute atomic E-state index is 14.3. The van der Waals surface area contributed by atoms with Crippen LogP contribution in [0.4, 0.5) is 36.6 Å². The lowest BCUT2D eigenvalue weighted by Crippen LogP contribution is -2.57. The fourth-order valence-electron chi connectivity index (χ4n) is 4.70. The number of thiazole rings is 1. The summed E-state index contributed by atoms with van der Waals surface area (Å²) in [4.78, 5) is 34.6. The highest BCUT2D eigenvalue weighted by Gasteiger charge is 2.58. The van der Waals surface area contributed by atoms with E-state index in [2.05, 4.69) is 20.6 Å². The van der Waals surface area contributed by atoms with Crippen molar-refractivity contribution in [2.24, 2.45) is 0 Å². The van der Waals surface area contributed by atoms with Crippen LogP contribution >= 0.6 is 11.3 Å². The second-order valence-electron chi connectivity index (χ2n) is 11.0. The van der Waals surface area contributed by atoms with Crippen molar-refractivity contribution in [3.63, 3.8) is 0 Å². The highest BCUT2D eigenvalue weighted by atomic mass is 32.1. The number of likely N-dealkylation sites (tertiary alicyclic amines) is 1. The summed E-state index contributed by atoms with van der Waals surface area (Å²) in [6.07, 6.45) is -7.94. The molecular formula is C25H28F7N5O3S. The number of rotatable bonds is 8. The van der Waals surface area contributed by atoms with Crippen LogP contribution in [0.1, 0.15) is 78.7 Å². The average molecular weight is 612 g/mol. The number of alkyl halides is 7. The summed E-state index contributed by atoms with van der Waals surface area (Å²) in [7, 11) is 0. The topological polar surface area (TPSA) is 107 Å². The van der Waals surface area contributed by atoms with Gasteiger partial charge in [-0.3, -0.25) is 9.59 Å². The van der Waals surface area contributed by atoms with Crippen LogP contribution in [0.5, 0.6) is 0 Å². The van der Waals surface area contributed by atoms with Gasteiger partial charge in [-0.25, -0.2) is 27.5 Å². The Morgan fingerprint density at radius 1 is 1.24 bits per heavy atom. The zero-order valence-electron chi connectivity index (χ0n) is 22.2. The third kappa shape index (κ3) is 6.42. The summed E-state index contributed by atoms with van der Waals surface area (Å²) >= 11 is 0.517. The molecule has 0 spiro atoms. The van der Waals surface area contributed by atoms with Crippen LogP contribution in [0.3, 0.4) is 0 Å². The Balaban J connectivity index is 1.77. The number of nitrogens with zero attached hydrogens (tertiary/aromatic N) is 3. The first-order chi connectivity index (χ1) is 18.8. The summed E-state index contributed by atoms with van der Waals surface area (Å²) in [6, 6.07) is -0.194. The molecule has 1 aliphatic carbocycles. The largest absolute Gasteiger partial charge is 0.411 e. The Labute approximate surface area is 234 Å². The number of pyridine rings is 1. The molecule has 2 fully saturated rings. The van der Waals surface area contributed by atoms with Gasteiger partial charge >= 0.3 is 6.18 Å². The molecule has 1 unspecified atom stereocenters. The molecule has 2 aromatic heterocycles. The van der Waals surface area contributed by atoms with Crippen molar-refractivity contribution >= 4 is 29.0 Å². The molecular weight excluding hydrogens is 583 g/mol. The number of nitrogens with one attached hydrogen (secondary N) is 2. The predicted octanol–water partition coefficient (Wildman–Crippen LogP) is 5.41.